The van der Waals surface area contributed by atoms with Crippen molar-refractivity contribution in [1.82, 2.24) is 16.0 Å². The molecule has 10 N–H and O–H groups in total. The minimum atomic E-state index is -1.51. The van der Waals surface area contributed by atoms with Gasteiger partial charge in [0.1, 0.15) is 23.9 Å². The maximum absolute atomic E-state index is 13.0. The fourth-order valence-corrected chi connectivity index (χ4v) is 3.69. The number of thioether (sulfide) groups is 1. The highest BCUT2D eigenvalue weighted by molar-refractivity contribution is 7.98. The lowest BCUT2D eigenvalue weighted by Gasteiger charge is -2.24. The standard InChI is InChI=1S/C23H33N5O9S/c1-38-9-8-15(21(34)28-17(23(36)37)10-12-2-4-13(29)5-3-12)26-22(35)16(11-18(25)30)27-20(33)14(24)6-7-19(31)32/h2-5,14-17,29H,6-11,24H2,1H3,(H2,25,30)(H,26,35)(H,27,33)(H,28,34)(H,31,32)(H,36,37). The number of benzene rings is 1. The summed E-state index contributed by atoms with van der Waals surface area (Å²) in [6.45, 7) is 0. The predicted molar refractivity (Wildman–Crippen MR) is 137 cm³/mol. The Morgan fingerprint density at radius 1 is 0.868 bits per heavy atom. The second kappa shape index (κ2) is 16.1. The Morgan fingerprint density at radius 2 is 1.42 bits per heavy atom. The van der Waals surface area contributed by atoms with Crippen molar-refractivity contribution in [2.45, 2.75) is 56.3 Å². The molecule has 0 aliphatic carbocycles. The van der Waals surface area contributed by atoms with Crippen molar-refractivity contribution in [3.05, 3.63) is 29.8 Å². The molecule has 4 unspecified atom stereocenters. The van der Waals surface area contributed by atoms with Crippen molar-refractivity contribution < 1.29 is 44.1 Å². The number of aliphatic carboxylic acids is 2. The number of nitrogens with two attached hydrogens (primary N) is 2. The van der Waals surface area contributed by atoms with Gasteiger partial charge in [-0.3, -0.25) is 24.0 Å². The number of nitrogens with one attached hydrogen (secondary N) is 3. The molecule has 0 fully saturated rings. The predicted octanol–water partition coefficient (Wildman–Crippen LogP) is -1.71. The van der Waals surface area contributed by atoms with Crippen LogP contribution in [-0.4, -0.2) is 87.1 Å². The third-order valence-electron chi connectivity index (χ3n) is 5.28. The van der Waals surface area contributed by atoms with E-state index in [-0.39, 0.29) is 25.0 Å². The average Bonchev–Trinajstić information content (AvgIpc) is 2.84. The summed E-state index contributed by atoms with van der Waals surface area (Å²) in [6, 6.07) is 0.398. The molecule has 0 radical (unpaired) electrons. The Balaban J connectivity index is 2.99. The van der Waals surface area contributed by atoms with Gasteiger partial charge in [0, 0.05) is 12.8 Å². The van der Waals surface area contributed by atoms with E-state index in [1.54, 1.807) is 6.26 Å². The Kier molecular flexibility index (Phi) is 13.6. The van der Waals surface area contributed by atoms with Crippen LogP contribution in [0.2, 0.25) is 0 Å². The Labute approximate surface area is 222 Å². The van der Waals surface area contributed by atoms with Gasteiger partial charge < -0.3 is 42.7 Å². The maximum Gasteiger partial charge on any atom is 0.326 e. The first-order valence-electron chi connectivity index (χ1n) is 11.5. The van der Waals surface area contributed by atoms with Crippen LogP contribution in [0.15, 0.2) is 24.3 Å². The molecule has 0 saturated heterocycles. The summed E-state index contributed by atoms with van der Waals surface area (Å²) in [4.78, 5) is 72.2. The van der Waals surface area contributed by atoms with Crippen LogP contribution in [0.4, 0.5) is 0 Å². The lowest BCUT2D eigenvalue weighted by atomic mass is 10.0. The maximum atomic E-state index is 13.0. The van der Waals surface area contributed by atoms with Crippen molar-refractivity contribution >= 4 is 47.3 Å². The van der Waals surface area contributed by atoms with Crippen molar-refractivity contribution in [1.29, 1.82) is 0 Å². The van der Waals surface area contributed by atoms with E-state index in [4.69, 9.17) is 16.6 Å². The second-order valence-electron chi connectivity index (χ2n) is 8.38. The lowest BCUT2D eigenvalue weighted by molar-refractivity contribution is -0.142. The molecule has 0 aromatic heterocycles. The first-order valence-corrected chi connectivity index (χ1v) is 12.9. The normalized spacial score (nSPS) is 13.8. The molecular weight excluding hydrogens is 522 g/mol. The van der Waals surface area contributed by atoms with Crippen LogP contribution in [0.25, 0.3) is 0 Å². The molecule has 0 aliphatic heterocycles. The van der Waals surface area contributed by atoms with E-state index in [9.17, 15) is 39.0 Å². The van der Waals surface area contributed by atoms with Crippen LogP contribution in [0, 0.1) is 0 Å². The van der Waals surface area contributed by atoms with Crippen LogP contribution in [0.5, 0.6) is 5.75 Å². The van der Waals surface area contributed by atoms with Gasteiger partial charge in [-0.1, -0.05) is 12.1 Å². The first kappa shape index (κ1) is 32.2. The molecule has 15 heteroatoms. The number of carbonyl (C=O) groups excluding carboxylic acids is 4. The molecule has 210 valence electrons. The summed E-state index contributed by atoms with van der Waals surface area (Å²) >= 11 is 1.37. The van der Waals surface area contributed by atoms with E-state index < -0.39 is 72.6 Å². The number of carbonyl (C=O) groups is 6. The molecule has 0 saturated carbocycles. The van der Waals surface area contributed by atoms with Gasteiger partial charge in [-0.05, 0) is 42.5 Å². The van der Waals surface area contributed by atoms with Gasteiger partial charge in [0.05, 0.1) is 12.5 Å². The largest absolute Gasteiger partial charge is 0.508 e. The molecule has 14 nitrogen and oxygen atoms in total. The monoisotopic (exact) mass is 555 g/mol. The van der Waals surface area contributed by atoms with Crippen molar-refractivity contribution in [2.75, 3.05) is 12.0 Å². The molecule has 4 amide bonds. The van der Waals surface area contributed by atoms with E-state index in [1.807, 2.05) is 0 Å². The highest BCUT2D eigenvalue weighted by Crippen LogP contribution is 2.12. The molecule has 0 bridgehead atoms. The van der Waals surface area contributed by atoms with Crippen molar-refractivity contribution in [2.24, 2.45) is 11.5 Å². The summed E-state index contributed by atoms with van der Waals surface area (Å²) in [5.74, 6) is -5.67. The van der Waals surface area contributed by atoms with E-state index in [2.05, 4.69) is 16.0 Å². The number of aromatic hydroxyl groups is 1. The van der Waals surface area contributed by atoms with Crippen LogP contribution in [0.1, 0.15) is 31.2 Å². The number of phenolic OH excluding ortho intramolecular Hbond substituents is 1. The number of hydrogen-bond donors (Lipinski definition) is 8. The third kappa shape index (κ3) is 11.9. The number of primary amides is 1. The zero-order chi connectivity index (χ0) is 28.8. The van der Waals surface area contributed by atoms with E-state index in [1.165, 1.54) is 36.0 Å². The van der Waals surface area contributed by atoms with Gasteiger partial charge in [-0.15, -0.1) is 0 Å². The first-order chi connectivity index (χ1) is 17.8. The Hall–Kier alpha value is -3.85. The zero-order valence-corrected chi connectivity index (χ0v) is 21.5. The Bertz CT molecular complexity index is 1010. The molecule has 0 heterocycles. The minimum Gasteiger partial charge on any atom is -0.508 e. The molecule has 0 spiro atoms. The smallest absolute Gasteiger partial charge is 0.326 e. The summed E-state index contributed by atoms with van der Waals surface area (Å²) in [5, 5.41) is 34.8. The highest BCUT2D eigenvalue weighted by atomic mass is 32.2. The van der Waals surface area contributed by atoms with Crippen LogP contribution >= 0.6 is 11.8 Å². The van der Waals surface area contributed by atoms with E-state index >= 15 is 0 Å². The van der Waals surface area contributed by atoms with Gasteiger partial charge in [0.25, 0.3) is 0 Å². The summed E-state index contributed by atoms with van der Waals surface area (Å²) < 4.78 is 0. The Morgan fingerprint density at radius 3 is 1.95 bits per heavy atom. The average molecular weight is 556 g/mol. The van der Waals surface area contributed by atoms with Crippen LogP contribution < -0.4 is 27.4 Å². The number of carboxylic acid groups (broad SMARTS) is 2. The molecule has 38 heavy (non-hydrogen) atoms. The summed E-state index contributed by atoms with van der Waals surface area (Å²) in [5.41, 5.74) is 11.4. The van der Waals surface area contributed by atoms with Gasteiger partial charge in [-0.25, -0.2) is 4.79 Å². The quantitative estimate of drug-likeness (QED) is 0.107. The number of rotatable bonds is 17. The summed E-state index contributed by atoms with van der Waals surface area (Å²) in [7, 11) is 0. The second-order valence-corrected chi connectivity index (χ2v) is 9.37. The third-order valence-corrected chi connectivity index (χ3v) is 5.92. The zero-order valence-electron chi connectivity index (χ0n) is 20.7. The molecule has 1 rings (SSSR count). The van der Waals surface area contributed by atoms with Gasteiger partial charge in [-0.2, -0.15) is 11.8 Å². The van der Waals surface area contributed by atoms with E-state index in [0.717, 1.165) is 0 Å². The van der Waals surface area contributed by atoms with Crippen LogP contribution in [0.3, 0.4) is 0 Å². The number of carboxylic acids is 2. The topological polar surface area (TPSA) is 251 Å². The van der Waals surface area contributed by atoms with Gasteiger partial charge in [0.15, 0.2) is 0 Å². The highest BCUT2D eigenvalue weighted by Gasteiger charge is 2.31. The van der Waals surface area contributed by atoms with Crippen molar-refractivity contribution in [3.8, 4) is 5.75 Å². The molecule has 1 aromatic carbocycles. The summed E-state index contributed by atoms with van der Waals surface area (Å²) in [6.07, 6.45) is 0.517. The SMILES string of the molecule is CSCCC(NC(=O)C(CC(N)=O)NC(=O)C(N)CCC(=O)O)C(=O)NC(Cc1ccc(O)cc1)C(=O)O. The fraction of sp³-hybridized carbons (Fsp3) is 0.478. The number of hydrogen-bond acceptors (Lipinski definition) is 9. The lowest BCUT2D eigenvalue weighted by Crippen LogP contribution is -2.58. The van der Waals surface area contributed by atoms with Crippen LogP contribution in [-0.2, 0) is 35.2 Å². The van der Waals surface area contributed by atoms with Crippen molar-refractivity contribution in [3.63, 3.8) is 0 Å². The number of phenols is 1. The van der Waals surface area contributed by atoms with E-state index in [0.29, 0.717) is 11.3 Å². The number of amides is 4. The van der Waals surface area contributed by atoms with Gasteiger partial charge in [0.2, 0.25) is 23.6 Å². The molecule has 1 aromatic rings. The van der Waals surface area contributed by atoms with Gasteiger partial charge >= 0.3 is 11.9 Å². The minimum absolute atomic E-state index is 0.00930. The molecule has 4 atom stereocenters. The fourth-order valence-electron chi connectivity index (χ4n) is 3.22. The molecule has 0 aliphatic rings. The molecular formula is C23H33N5O9S.